The lowest BCUT2D eigenvalue weighted by Crippen LogP contribution is -2.32. The summed E-state index contributed by atoms with van der Waals surface area (Å²) in [7, 11) is -1.67. The molecule has 0 aliphatic rings. The molecule has 152 valence electrons. The number of ether oxygens (including phenoxy) is 1. The van der Waals surface area contributed by atoms with Gasteiger partial charge in [0.05, 0.1) is 11.5 Å². The van der Waals surface area contributed by atoms with E-state index in [1.54, 1.807) is 25.4 Å². The number of methoxy groups -OCH3 is 1. The first-order chi connectivity index (χ1) is 13.2. The predicted octanol–water partition coefficient (Wildman–Crippen LogP) is 1.70. The SMILES string of the molecule is CCc1c(C)n(CCOC)cc(C(=O)NCc2ccc(S(C)(=O)=O)cc2)c1=O. The normalized spacial score (nSPS) is 11.4. The minimum atomic E-state index is -3.27. The van der Waals surface area contributed by atoms with Crippen LogP contribution in [0.5, 0.6) is 0 Å². The Hall–Kier alpha value is -2.45. The number of carbonyl (C=O) groups excluding carboxylic acids is 1. The number of amides is 1. The minimum Gasteiger partial charge on any atom is -0.383 e. The minimum absolute atomic E-state index is 0.0892. The van der Waals surface area contributed by atoms with Gasteiger partial charge in [-0.3, -0.25) is 9.59 Å². The van der Waals surface area contributed by atoms with Gasteiger partial charge in [-0.1, -0.05) is 19.1 Å². The summed E-state index contributed by atoms with van der Waals surface area (Å²) in [4.78, 5) is 25.5. The van der Waals surface area contributed by atoms with Crippen molar-refractivity contribution in [3.8, 4) is 0 Å². The maximum atomic E-state index is 12.7. The highest BCUT2D eigenvalue weighted by Crippen LogP contribution is 2.11. The molecule has 1 N–H and O–H groups in total. The Labute approximate surface area is 165 Å². The molecule has 0 unspecified atom stereocenters. The van der Waals surface area contributed by atoms with Crippen LogP contribution >= 0.6 is 0 Å². The molecular weight excluding hydrogens is 380 g/mol. The topological polar surface area (TPSA) is 94.5 Å². The van der Waals surface area contributed by atoms with Gasteiger partial charge < -0.3 is 14.6 Å². The van der Waals surface area contributed by atoms with Gasteiger partial charge >= 0.3 is 0 Å². The fraction of sp³-hybridized carbons (Fsp3) is 0.400. The molecule has 8 heteroatoms. The monoisotopic (exact) mass is 406 g/mol. The number of pyridine rings is 1. The van der Waals surface area contributed by atoms with Crippen LogP contribution in [0.2, 0.25) is 0 Å². The molecule has 0 aliphatic carbocycles. The fourth-order valence-corrected chi connectivity index (χ4v) is 3.57. The molecule has 1 amide bonds. The number of rotatable bonds is 8. The largest absolute Gasteiger partial charge is 0.383 e. The number of carbonyl (C=O) groups is 1. The number of sulfone groups is 1. The van der Waals surface area contributed by atoms with Gasteiger partial charge in [0.2, 0.25) is 0 Å². The van der Waals surface area contributed by atoms with Crippen molar-refractivity contribution in [3.05, 3.63) is 63.1 Å². The van der Waals surface area contributed by atoms with Gasteiger partial charge in [0.15, 0.2) is 15.3 Å². The molecule has 0 fully saturated rings. The van der Waals surface area contributed by atoms with E-state index in [0.717, 1.165) is 17.5 Å². The molecule has 0 spiro atoms. The van der Waals surface area contributed by atoms with Crippen molar-refractivity contribution in [3.63, 3.8) is 0 Å². The molecule has 1 aromatic carbocycles. The van der Waals surface area contributed by atoms with E-state index in [1.807, 2.05) is 18.4 Å². The summed E-state index contributed by atoms with van der Waals surface area (Å²) in [5.74, 6) is -0.460. The van der Waals surface area contributed by atoms with Crippen molar-refractivity contribution in [2.45, 2.75) is 38.3 Å². The Balaban J connectivity index is 2.22. The van der Waals surface area contributed by atoms with Crippen LogP contribution in [0.1, 0.15) is 34.1 Å². The number of hydrogen-bond donors (Lipinski definition) is 1. The Bertz CT molecular complexity index is 1010. The van der Waals surface area contributed by atoms with E-state index >= 15 is 0 Å². The lowest BCUT2D eigenvalue weighted by Gasteiger charge is -2.16. The Kier molecular flexibility index (Phi) is 7.15. The summed E-state index contributed by atoms with van der Waals surface area (Å²) in [6.07, 6.45) is 3.24. The lowest BCUT2D eigenvalue weighted by molar-refractivity contribution is 0.0948. The third-order valence-corrected chi connectivity index (χ3v) is 5.74. The number of aromatic nitrogens is 1. The van der Waals surface area contributed by atoms with E-state index in [0.29, 0.717) is 25.1 Å². The van der Waals surface area contributed by atoms with Gasteiger partial charge in [-0.2, -0.15) is 0 Å². The molecule has 7 nitrogen and oxygen atoms in total. The molecule has 0 saturated heterocycles. The van der Waals surface area contributed by atoms with Crippen molar-refractivity contribution < 1.29 is 17.9 Å². The lowest BCUT2D eigenvalue weighted by atomic mass is 10.1. The van der Waals surface area contributed by atoms with E-state index in [4.69, 9.17) is 4.74 Å². The molecule has 2 aromatic rings. The van der Waals surface area contributed by atoms with Crippen molar-refractivity contribution in [1.29, 1.82) is 0 Å². The van der Waals surface area contributed by atoms with Crippen LogP contribution in [0, 0.1) is 6.92 Å². The van der Waals surface area contributed by atoms with Gasteiger partial charge in [0, 0.05) is 43.9 Å². The van der Waals surface area contributed by atoms with Gasteiger partial charge in [-0.05, 0) is 31.0 Å². The second-order valence-corrected chi connectivity index (χ2v) is 8.59. The Morgan fingerprint density at radius 2 is 1.86 bits per heavy atom. The molecule has 0 radical (unpaired) electrons. The molecule has 1 heterocycles. The molecule has 1 aromatic heterocycles. The van der Waals surface area contributed by atoms with E-state index < -0.39 is 15.7 Å². The molecule has 0 aliphatic heterocycles. The zero-order valence-electron chi connectivity index (χ0n) is 16.6. The van der Waals surface area contributed by atoms with Crippen LogP contribution in [0.4, 0.5) is 0 Å². The first-order valence-corrected chi connectivity index (χ1v) is 10.9. The Morgan fingerprint density at radius 1 is 1.21 bits per heavy atom. The maximum absolute atomic E-state index is 12.7. The quantitative estimate of drug-likeness (QED) is 0.720. The fourth-order valence-electron chi connectivity index (χ4n) is 2.94. The smallest absolute Gasteiger partial charge is 0.257 e. The highest BCUT2D eigenvalue weighted by atomic mass is 32.2. The summed E-state index contributed by atoms with van der Waals surface area (Å²) < 4.78 is 30.0. The molecule has 0 bridgehead atoms. The van der Waals surface area contributed by atoms with Crippen LogP contribution in [-0.2, 0) is 34.1 Å². The van der Waals surface area contributed by atoms with Gasteiger partial charge in [-0.25, -0.2) is 8.42 Å². The second kappa shape index (κ2) is 9.16. The van der Waals surface area contributed by atoms with Crippen LogP contribution < -0.4 is 10.7 Å². The van der Waals surface area contributed by atoms with Crippen LogP contribution in [0.3, 0.4) is 0 Å². The zero-order valence-corrected chi connectivity index (χ0v) is 17.4. The third-order valence-electron chi connectivity index (χ3n) is 4.61. The van der Waals surface area contributed by atoms with Gasteiger partial charge in [0.1, 0.15) is 5.56 Å². The summed E-state index contributed by atoms with van der Waals surface area (Å²) in [5.41, 5.74) is 2.01. The molecule has 28 heavy (non-hydrogen) atoms. The number of hydrogen-bond acceptors (Lipinski definition) is 5. The van der Waals surface area contributed by atoms with Gasteiger partial charge in [0.25, 0.3) is 5.91 Å². The molecular formula is C20H26N2O5S. The molecule has 0 saturated carbocycles. The molecule has 2 rings (SSSR count). The Morgan fingerprint density at radius 3 is 2.39 bits per heavy atom. The highest BCUT2D eigenvalue weighted by molar-refractivity contribution is 7.90. The average molecular weight is 407 g/mol. The van der Waals surface area contributed by atoms with E-state index in [2.05, 4.69) is 5.32 Å². The summed E-state index contributed by atoms with van der Waals surface area (Å²) in [5, 5.41) is 2.74. The number of nitrogens with zero attached hydrogens (tertiary/aromatic N) is 1. The zero-order chi connectivity index (χ0) is 20.9. The standard InChI is InChI=1S/C20H26N2O5S/c1-5-17-14(2)22(10-11-27-3)13-18(19(17)23)20(24)21-12-15-6-8-16(9-7-15)28(4,25)26/h6-9,13H,5,10-12H2,1-4H3,(H,21,24). The maximum Gasteiger partial charge on any atom is 0.257 e. The van der Waals surface area contributed by atoms with Crippen LogP contribution in [0.15, 0.2) is 40.2 Å². The van der Waals surface area contributed by atoms with E-state index in [1.165, 1.54) is 12.1 Å². The van der Waals surface area contributed by atoms with Crippen molar-refractivity contribution in [2.75, 3.05) is 20.0 Å². The summed E-state index contributed by atoms with van der Waals surface area (Å²) >= 11 is 0. The number of benzene rings is 1. The third kappa shape index (κ3) is 5.08. The van der Waals surface area contributed by atoms with E-state index in [-0.39, 0.29) is 22.4 Å². The van der Waals surface area contributed by atoms with Crippen molar-refractivity contribution in [2.24, 2.45) is 0 Å². The highest BCUT2D eigenvalue weighted by Gasteiger charge is 2.17. The first-order valence-electron chi connectivity index (χ1n) is 8.98. The van der Waals surface area contributed by atoms with Crippen molar-refractivity contribution in [1.82, 2.24) is 9.88 Å². The second-order valence-electron chi connectivity index (χ2n) is 6.57. The average Bonchev–Trinajstić information content (AvgIpc) is 2.65. The summed E-state index contributed by atoms with van der Waals surface area (Å²) in [6, 6.07) is 6.27. The first kappa shape index (κ1) is 21.8. The van der Waals surface area contributed by atoms with Gasteiger partial charge in [-0.15, -0.1) is 0 Å². The van der Waals surface area contributed by atoms with Crippen LogP contribution in [0.25, 0.3) is 0 Å². The van der Waals surface area contributed by atoms with Crippen molar-refractivity contribution >= 4 is 15.7 Å². The predicted molar refractivity (Wildman–Crippen MR) is 107 cm³/mol. The van der Waals surface area contributed by atoms with E-state index in [9.17, 15) is 18.0 Å². The van der Waals surface area contributed by atoms with Crippen LogP contribution in [-0.4, -0.2) is 38.9 Å². The molecule has 0 atom stereocenters. The number of nitrogens with one attached hydrogen (secondary N) is 1. The summed E-state index contributed by atoms with van der Waals surface area (Å²) in [6.45, 7) is 4.95.